The van der Waals surface area contributed by atoms with E-state index in [4.69, 9.17) is 0 Å². The van der Waals surface area contributed by atoms with E-state index in [0.29, 0.717) is 0 Å². The van der Waals surface area contributed by atoms with Crippen LogP contribution in [0.5, 0.6) is 0 Å². The van der Waals surface area contributed by atoms with E-state index in [9.17, 15) is 0 Å². The van der Waals surface area contributed by atoms with Crippen LogP contribution in [0.1, 0.15) is 16.7 Å². The number of nitrogens with zero attached hydrogens (tertiary/aromatic N) is 1. The Bertz CT molecular complexity index is 563. The third-order valence-corrected chi connectivity index (χ3v) is 3.83. The standard InChI is InChI=1S/C17H20N2/c1-18-12-15-7-2-3-8-16(15)13-19-11-10-14-6-4-5-9-17(14)19/h2-9,18H,10-13H2,1H3. The zero-order valence-corrected chi connectivity index (χ0v) is 11.4. The minimum Gasteiger partial charge on any atom is -0.367 e. The lowest BCUT2D eigenvalue weighted by molar-refractivity contribution is 0.780. The van der Waals surface area contributed by atoms with Crippen LogP contribution >= 0.6 is 0 Å². The van der Waals surface area contributed by atoms with E-state index in [1.807, 2.05) is 7.05 Å². The molecule has 0 spiro atoms. The van der Waals surface area contributed by atoms with Gasteiger partial charge in [-0.15, -0.1) is 0 Å². The van der Waals surface area contributed by atoms with Crippen LogP contribution in [-0.2, 0) is 19.5 Å². The molecule has 19 heavy (non-hydrogen) atoms. The number of hydrogen-bond donors (Lipinski definition) is 1. The predicted octanol–water partition coefficient (Wildman–Crippen LogP) is 2.97. The average Bonchev–Trinajstić information content (AvgIpc) is 2.85. The molecule has 0 saturated carbocycles. The van der Waals surface area contributed by atoms with Crippen LogP contribution in [0.25, 0.3) is 0 Å². The van der Waals surface area contributed by atoms with Gasteiger partial charge in [0.05, 0.1) is 0 Å². The molecule has 2 heteroatoms. The highest BCUT2D eigenvalue weighted by Gasteiger charge is 2.18. The molecule has 0 fully saturated rings. The van der Waals surface area contributed by atoms with E-state index in [1.54, 1.807) is 0 Å². The van der Waals surface area contributed by atoms with Gasteiger partial charge in [0.25, 0.3) is 0 Å². The van der Waals surface area contributed by atoms with Crippen molar-refractivity contribution in [2.24, 2.45) is 0 Å². The highest BCUT2D eigenvalue weighted by molar-refractivity contribution is 5.58. The lowest BCUT2D eigenvalue weighted by Gasteiger charge is -2.21. The van der Waals surface area contributed by atoms with Crippen LogP contribution in [0.15, 0.2) is 48.5 Å². The third-order valence-electron chi connectivity index (χ3n) is 3.83. The second-order valence-electron chi connectivity index (χ2n) is 5.10. The first-order chi connectivity index (χ1) is 9.38. The van der Waals surface area contributed by atoms with E-state index in [-0.39, 0.29) is 0 Å². The molecule has 0 radical (unpaired) electrons. The third kappa shape index (κ3) is 2.49. The van der Waals surface area contributed by atoms with Crippen molar-refractivity contribution in [3.05, 3.63) is 65.2 Å². The molecule has 1 aliphatic rings. The van der Waals surface area contributed by atoms with Crippen LogP contribution < -0.4 is 10.2 Å². The number of nitrogens with one attached hydrogen (secondary N) is 1. The van der Waals surface area contributed by atoms with Gasteiger partial charge in [0.1, 0.15) is 0 Å². The summed E-state index contributed by atoms with van der Waals surface area (Å²) >= 11 is 0. The fourth-order valence-electron chi connectivity index (χ4n) is 2.85. The average molecular weight is 252 g/mol. The molecule has 1 heterocycles. The Morgan fingerprint density at radius 3 is 2.58 bits per heavy atom. The Labute approximate surface area is 115 Å². The van der Waals surface area contributed by atoms with Gasteiger partial charge in [-0.3, -0.25) is 0 Å². The van der Waals surface area contributed by atoms with Gasteiger partial charge in [-0.25, -0.2) is 0 Å². The van der Waals surface area contributed by atoms with Gasteiger partial charge in [-0.2, -0.15) is 0 Å². The summed E-state index contributed by atoms with van der Waals surface area (Å²) < 4.78 is 0. The summed E-state index contributed by atoms with van der Waals surface area (Å²) in [6, 6.07) is 17.5. The molecule has 2 nitrogen and oxygen atoms in total. The maximum atomic E-state index is 3.25. The molecule has 98 valence electrons. The monoisotopic (exact) mass is 252 g/mol. The number of benzene rings is 2. The largest absolute Gasteiger partial charge is 0.367 e. The molecular weight excluding hydrogens is 232 g/mol. The van der Waals surface area contributed by atoms with Crippen LogP contribution in [0, 0.1) is 0 Å². The SMILES string of the molecule is CNCc1ccccc1CN1CCc2ccccc21. The highest BCUT2D eigenvalue weighted by atomic mass is 15.1. The highest BCUT2D eigenvalue weighted by Crippen LogP contribution is 2.29. The molecule has 0 unspecified atom stereocenters. The van der Waals surface area contributed by atoms with Gasteiger partial charge in [0, 0.05) is 25.3 Å². The molecule has 1 N–H and O–H groups in total. The van der Waals surface area contributed by atoms with E-state index in [2.05, 4.69) is 58.7 Å². The normalized spacial score (nSPS) is 13.6. The second-order valence-corrected chi connectivity index (χ2v) is 5.10. The first-order valence-corrected chi connectivity index (χ1v) is 6.92. The topological polar surface area (TPSA) is 15.3 Å². The van der Waals surface area contributed by atoms with E-state index >= 15 is 0 Å². The van der Waals surface area contributed by atoms with Crippen molar-refractivity contribution in [1.29, 1.82) is 0 Å². The van der Waals surface area contributed by atoms with Crippen LogP contribution in [0.3, 0.4) is 0 Å². The summed E-state index contributed by atoms with van der Waals surface area (Å²) in [5.41, 5.74) is 5.71. The first kappa shape index (κ1) is 12.2. The molecule has 2 aromatic rings. The summed E-state index contributed by atoms with van der Waals surface area (Å²) in [6.45, 7) is 3.08. The number of para-hydroxylation sites is 1. The van der Waals surface area contributed by atoms with E-state index < -0.39 is 0 Å². The number of hydrogen-bond acceptors (Lipinski definition) is 2. The van der Waals surface area contributed by atoms with Gasteiger partial charge in [-0.1, -0.05) is 42.5 Å². The summed E-state index contributed by atoms with van der Waals surface area (Å²) in [6.07, 6.45) is 1.17. The maximum absolute atomic E-state index is 3.25. The molecule has 0 saturated heterocycles. The van der Waals surface area contributed by atoms with Crippen LogP contribution in [0.4, 0.5) is 5.69 Å². The zero-order chi connectivity index (χ0) is 13.1. The zero-order valence-electron chi connectivity index (χ0n) is 11.4. The maximum Gasteiger partial charge on any atom is 0.0432 e. The van der Waals surface area contributed by atoms with Crippen LogP contribution in [-0.4, -0.2) is 13.6 Å². The van der Waals surface area contributed by atoms with E-state index in [0.717, 1.165) is 19.6 Å². The van der Waals surface area contributed by atoms with Crippen molar-refractivity contribution >= 4 is 5.69 Å². The number of rotatable bonds is 4. The Morgan fingerprint density at radius 1 is 1.00 bits per heavy atom. The van der Waals surface area contributed by atoms with Gasteiger partial charge < -0.3 is 10.2 Å². The molecule has 0 aromatic heterocycles. The van der Waals surface area contributed by atoms with Crippen LogP contribution in [0.2, 0.25) is 0 Å². The van der Waals surface area contributed by atoms with Crippen molar-refractivity contribution in [3.8, 4) is 0 Å². The minimum absolute atomic E-state index is 0.936. The first-order valence-electron chi connectivity index (χ1n) is 6.92. The molecular formula is C17H20N2. The molecule has 3 rings (SSSR count). The quantitative estimate of drug-likeness (QED) is 0.900. The second kappa shape index (κ2) is 5.45. The van der Waals surface area contributed by atoms with Crippen molar-refractivity contribution < 1.29 is 0 Å². The van der Waals surface area contributed by atoms with Gasteiger partial charge in [-0.05, 0) is 36.2 Å². The number of anilines is 1. The van der Waals surface area contributed by atoms with Crippen molar-refractivity contribution in [1.82, 2.24) is 5.32 Å². The molecule has 0 atom stereocenters. The van der Waals surface area contributed by atoms with Gasteiger partial charge in [0.15, 0.2) is 0 Å². The van der Waals surface area contributed by atoms with Gasteiger partial charge in [0.2, 0.25) is 0 Å². The predicted molar refractivity (Wildman–Crippen MR) is 80.4 cm³/mol. The fourth-order valence-corrected chi connectivity index (χ4v) is 2.85. The summed E-state index contributed by atoms with van der Waals surface area (Å²) in [5, 5.41) is 3.25. The Morgan fingerprint density at radius 2 is 1.74 bits per heavy atom. The Hall–Kier alpha value is -1.80. The van der Waals surface area contributed by atoms with E-state index in [1.165, 1.54) is 28.8 Å². The van der Waals surface area contributed by atoms with Crippen molar-refractivity contribution in [2.45, 2.75) is 19.5 Å². The molecule has 1 aliphatic heterocycles. The molecule has 0 amide bonds. The smallest absolute Gasteiger partial charge is 0.0432 e. The lowest BCUT2D eigenvalue weighted by atomic mass is 10.1. The van der Waals surface area contributed by atoms with Crippen molar-refractivity contribution in [2.75, 3.05) is 18.5 Å². The molecule has 0 aliphatic carbocycles. The number of fused-ring (bicyclic) bond motifs is 1. The Kier molecular flexibility index (Phi) is 3.51. The molecule has 2 aromatic carbocycles. The fraction of sp³-hybridized carbons (Fsp3) is 0.294. The van der Waals surface area contributed by atoms with Gasteiger partial charge >= 0.3 is 0 Å². The van der Waals surface area contributed by atoms with Crippen molar-refractivity contribution in [3.63, 3.8) is 0 Å². The summed E-state index contributed by atoms with van der Waals surface area (Å²) in [4.78, 5) is 2.49. The summed E-state index contributed by atoms with van der Waals surface area (Å²) in [5.74, 6) is 0. The minimum atomic E-state index is 0.936. The lowest BCUT2D eigenvalue weighted by Crippen LogP contribution is -2.21. The molecule has 0 bridgehead atoms. The Balaban J connectivity index is 1.83. The summed E-state index contributed by atoms with van der Waals surface area (Å²) in [7, 11) is 2.00.